The molecule has 0 saturated heterocycles. The van der Waals surface area contributed by atoms with Crippen molar-refractivity contribution in [1.29, 1.82) is 0 Å². The maximum Gasteiger partial charge on any atom is 0.119 e. The van der Waals surface area contributed by atoms with Gasteiger partial charge in [0.15, 0.2) is 0 Å². The predicted molar refractivity (Wildman–Crippen MR) is 76.2 cm³/mol. The quantitative estimate of drug-likeness (QED) is 0.875. The molecular weight excluding hydrogens is 222 g/mol. The van der Waals surface area contributed by atoms with Crippen LogP contribution in [0, 0.1) is 13.8 Å². The van der Waals surface area contributed by atoms with Gasteiger partial charge in [0.1, 0.15) is 5.75 Å². The summed E-state index contributed by atoms with van der Waals surface area (Å²) >= 11 is 0. The lowest BCUT2D eigenvalue weighted by Crippen LogP contribution is -2.01. The van der Waals surface area contributed by atoms with Gasteiger partial charge in [0.25, 0.3) is 0 Å². The van der Waals surface area contributed by atoms with Crippen LogP contribution in [0.1, 0.15) is 16.7 Å². The average molecular weight is 241 g/mol. The number of benzene rings is 2. The molecule has 0 spiro atoms. The van der Waals surface area contributed by atoms with Gasteiger partial charge in [-0.3, -0.25) is 0 Å². The maximum atomic E-state index is 5.20. The van der Waals surface area contributed by atoms with Crippen LogP contribution in [0.5, 0.6) is 5.75 Å². The Morgan fingerprint density at radius 1 is 1.00 bits per heavy atom. The van der Waals surface area contributed by atoms with Crippen molar-refractivity contribution in [2.24, 2.45) is 0 Å². The minimum atomic E-state index is 0.841. The summed E-state index contributed by atoms with van der Waals surface area (Å²) in [7, 11) is 1.69. The SMILES string of the molecule is COc1ccc(NCc2ccc(C)cc2)c(C)c1. The van der Waals surface area contributed by atoms with Gasteiger partial charge >= 0.3 is 0 Å². The first kappa shape index (κ1) is 12.5. The predicted octanol–water partition coefficient (Wildman–Crippen LogP) is 3.92. The molecule has 0 heterocycles. The molecule has 0 fully saturated rings. The first-order valence-electron chi connectivity index (χ1n) is 6.13. The Bertz CT molecular complexity index is 517. The van der Waals surface area contributed by atoms with Crippen LogP contribution < -0.4 is 10.1 Å². The number of methoxy groups -OCH3 is 1. The molecule has 0 aliphatic rings. The lowest BCUT2D eigenvalue weighted by Gasteiger charge is -2.11. The molecule has 0 radical (unpaired) electrons. The van der Waals surface area contributed by atoms with Crippen molar-refractivity contribution in [3.05, 3.63) is 59.2 Å². The summed E-state index contributed by atoms with van der Waals surface area (Å²) in [5, 5.41) is 3.44. The third-order valence-electron chi connectivity index (χ3n) is 3.04. The standard InChI is InChI=1S/C16H19NO/c1-12-4-6-14(7-5-12)11-17-16-9-8-15(18-3)10-13(16)2/h4-10,17H,11H2,1-3H3. The number of aryl methyl sites for hydroxylation is 2. The normalized spacial score (nSPS) is 10.2. The number of anilines is 1. The summed E-state index contributed by atoms with van der Waals surface area (Å²) < 4.78 is 5.20. The van der Waals surface area contributed by atoms with Crippen LogP contribution in [0.15, 0.2) is 42.5 Å². The highest BCUT2D eigenvalue weighted by Gasteiger charge is 2.00. The molecule has 2 aromatic rings. The molecule has 0 bridgehead atoms. The van der Waals surface area contributed by atoms with Crippen LogP contribution >= 0.6 is 0 Å². The molecule has 2 aromatic carbocycles. The van der Waals surface area contributed by atoms with Crippen LogP contribution in [0.2, 0.25) is 0 Å². The van der Waals surface area contributed by atoms with Crippen molar-refractivity contribution in [2.75, 3.05) is 12.4 Å². The topological polar surface area (TPSA) is 21.3 Å². The summed E-state index contributed by atoms with van der Waals surface area (Å²) in [4.78, 5) is 0. The minimum absolute atomic E-state index is 0.841. The number of ether oxygens (including phenoxy) is 1. The summed E-state index contributed by atoms with van der Waals surface area (Å²) in [5.41, 5.74) is 4.92. The van der Waals surface area contributed by atoms with Crippen molar-refractivity contribution in [3.8, 4) is 5.75 Å². The fraction of sp³-hybridized carbons (Fsp3) is 0.250. The zero-order valence-electron chi connectivity index (χ0n) is 11.2. The highest BCUT2D eigenvalue weighted by molar-refractivity contribution is 5.53. The average Bonchev–Trinajstić information content (AvgIpc) is 2.39. The summed E-state index contributed by atoms with van der Waals surface area (Å²) in [5.74, 6) is 0.897. The molecule has 0 saturated carbocycles. The van der Waals surface area contributed by atoms with Gasteiger partial charge in [-0.1, -0.05) is 29.8 Å². The Kier molecular flexibility index (Phi) is 3.88. The van der Waals surface area contributed by atoms with Crippen molar-refractivity contribution in [3.63, 3.8) is 0 Å². The van der Waals surface area contributed by atoms with E-state index in [0.717, 1.165) is 18.0 Å². The van der Waals surface area contributed by atoms with Gasteiger partial charge in [-0.2, -0.15) is 0 Å². The molecule has 0 atom stereocenters. The van der Waals surface area contributed by atoms with Gasteiger partial charge in [0.2, 0.25) is 0 Å². The molecule has 2 rings (SSSR count). The van der Waals surface area contributed by atoms with E-state index in [2.05, 4.69) is 49.5 Å². The van der Waals surface area contributed by atoms with Crippen molar-refractivity contribution in [2.45, 2.75) is 20.4 Å². The van der Waals surface area contributed by atoms with E-state index in [4.69, 9.17) is 4.74 Å². The lowest BCUT2D eigenvalue weighted by molar-refractivity contribution is 0.414. The molecule has 0 aromatic heterocycles. The minimum Gasteiger partial charge on any atom is -0.497 e. The number of hydrogen-bond acceptors (Lipinski definition) is 2. The van der Waals surface area contributed by atoms with E-state index >= 15 is 0 Å². The molecular formula is C16H19NO. The van der Waals surface area contributed by atoms with Gasteiger partial charge < -0.3 is 10.1 Å². The second-order valence-electron chi connectivity index (χ2n) is 4.52. The molecule has 0 aliphatic carbocycles. The Morgan fingerprint density at radius 2 is 1.72 bits per heavy atom. The fourth-order valence-electron chi connectivity index (χ4n) is 1.86. The van der Waals surface area contributed by atoms with Crippen molar-refractivity contribution in [1.82, 2.24) is 0 Å². The van der Waals surface area contributed by atoms with Crippen LogP contribution in [0.25, 0.3) is 0 Å². The van der Waals surface area contributed by atoms with E-state index in [1.54, 1.807) is 7.11 Å². The van der Waals surface area contributed by atoms with E-state index in [1.165, 1.54) is 16.7 Å². The lowest BCUT2D eigenvalue weighted by atomic mass is 10.1. The molecule has 18 heavy (non-hydrogen) atoms. The van der Waals surface area contributed by atoms with Gasteiger partial charge in [-0.05, 0) is 43.2 Å². The van der Waals surface area contributed by atoms with Gasteiger partial charge in [0.05, 0.1) is 7.11 Å². The summed E-state index contributed by atoms with van der Waals surface area (Å²) in [6.45, 7) is 5.03. The smallest absolute Gasteiger partial charge is 0.119 e. The molecule has 0 aliphatic heterocycles. The van der Waals surface area contributed by atoms with Gasteiger partial charge in [0, 0.05) is 12.2 Å². The van der Waals surface area contributed by atoms with E-state index < -0.39 is 0 Å². The van der Waals surface area contributed by atoms with Crippen LogP contribution in [-0.2, 0) is 6.54 Å². The summed E-state index contributed by atoms with van der Waals surface area (Å²) in [6.07, 6.45) is 0. The highest BCUT2D eigenvalue weighted by Crippen LogP contribution is 2.21. The van der Waals surface area contributed by atoms with Crippen molar-refractivity contribution >= 4 is 5.69 Å². The van der Waals surface area contributed by atoms with Gasteiger partial charge in [-0.25, -0.2) is 0 Å². The number of rotatable bonds is 4. The second kappa shape index (κ2) is 5.58. The third kappa shape index (κ3) is 3.04. The third-order valence-corrected chi connectivity index (χ3v) is 3.04. The maximum absolute atomic E-state index is 5.20. The zero-order valence-corrected chi connectivity index (χ0v) is 11.2. The summed E-state index contributed by atoms with van der Waals surface area (Å²) in [6, 6.07) is 14.7. The largest absolute Gasteiger partial charge is 0.497 e. The van der Waals surface area contributed by atoms with E-state index in [1.807, 2.05) is 12.1 Å². The molecule has 94 valence electrons. The molecule has 1 N–H and O–H groups in total. The first-order chi connectivity index (χ1) is 8.69. The monoisotopic (exact) mass is 241 g/mol. The first-order valence-corrected chi connectivity index (χ1v) is 6.13. The zero-order chi connectivity index (χ0) is 13.0. The van der Waals surface area contributed by atoms with Crippen LogP contribution in [0.3, 0.4) is 0 Å². The molecule has 0 amide bonds. The highest BCUT2D eigenvalue weighted by atomic mass is 16.5. The second-order valence-corrected chi connectivity index (χ2v) is 4.52. The Hall–Kier alpha value is -1.96. The molecule has 2 heteroatoms. The number of nitrogens with one attached hydrogen (secondary N) is 1. The Morgan fingerprint density at radius 3 is 2.33 bits per heavy atom. The Labute approximate surface area is 109 Å². The van der Waals surface area contributed by atoms with Crippen LogP contribution in [-0.4, -0.2) is 7.11 Å². The molecule has 0 unspecified atom stereocenters. The van der Waals surface area contributed by atoms with E-state index in [-0.39, 0.29) is 0 Å². The fourth-order valence-corrected chi connectivity index (χ4v) is 1.86. The van der Waals surface area contributed by atoms with E-state index in [0.29, 0.717) is 0 Å². The molecule has 2 nitrogen and oxygen atoms in total. The van der Waals surface area contributed by atoms with Gasteiger partial charge in [-0.15, -0.1) is 0 Å². The van der Waals surface area contributed by atoms with Crippen molar-refractivity contribution < 1.29 is 4.74 Å². The Balaban J connectivity index is 2.04. The van der Waals surface area contributed by atoms with E-state index in [9.17, 15) is 0 Å². The van der Waals surface area contributed by atoms with Crippen LogP contribution in [0.4, 0.5) is 5.69 Å². The number of hydrogen-bond donors (Lipinski definition) is 1.